The van der Waals surface area contributed by atoms with Crippen LogP contribution in [0, 0.1) is 13.8 Å². The molecule has 2 fully saturated rings. The molecule has 0 saturated carbocycles. The molecule has 118 valence electrons. The van der Waals surface area contributed by atoms with Gasteiger partial charge in [0.05, 0.1) is 5.39 Å². The van der Waals surface area contributed by atoms with E-state index in [1.54, 1.807) is 17.7 Å². The number of fused-ring (bicyclic) bond motifs is 1. The molecule has 22 heavy (non-hydrogen) atoms. The van der Waals surface area contributed by atoms with Gasteiger partial charge in [0, 0.05) is 50.2 Å². The highest BCUT2D eigenvalue weighted by Gasteiger charge is 2.30. The van der Waals surface area contributed by atoms with Gasteiger partial charge in [-0.25, -0.2) is 9.97 Å². The molecule has 1 atom stereocenters. The van der Waals surface area contributed by atoms with Crippen LogP contribution in [0.4, 0.5) is 5.82 Å². The molecule has 0 amide bonds. The van der Waals surface area contributed by atoms with Gasteiger partial charge in [0.1, 0.15) is 17.0 Å². The van der Waals surface area contributed by atoms with Crippen LogP contribution in [0.2, 0.25) is 0 Å². The predicted octanol–water partition coefficient (Wildman–Crippen LogP) is 1.79. The van der Waals surface area contributed by atoms with E-state index in [-0.39, 0.29) is 0 Å². The summed E-state index contributed by atoms with van der Waals surface area (Å²) < 4.78 is 0. The van der Waals surface area contributed by atoms with E-state index >= 15 is 0 Å². The van der Waals surface area contributed by atoms with Gasteiger partial charge in [-0.1, -0.05) is 0 Å². The second kappa shape index (κ2) is 5.76. The lowest BCUT2D eigenvalue weighted by Crippen LogP contribution is -2.49. The number of rotatable bonds is 2. The van der Waals surface area contributed by atoms with Crippen LogP contribution in [-0.2, 0) is 0 Å². The molecular weight excluding hydrogens is 294 g/mol. The van der Waals surface area contributed by atoms with Crippen molar-refractivity contribution in [3.63, 3.8) is 0 Å². The molecule has 0 spiro atoms. The Morgan fingerprint density at radius 1 is 1.18 bits per heavy atom. The Balaban J connectivity index is 1.60. The van der Waals surface area contributed by atoms with E-state index in [4.69, 9.17) is 0 Å². The Kier molecular flexibility index (Phi) is 3.76. The topological polar surface area (TPSA) is 44.3 Å². The maximum absolute atomic E-state index is 4.63. The number of nitrogens with one attached hydrogen (secondary N) is 1. The normalized spacial score (nSPS) is 23.5. The first kappa shape index (κ1) is 14.4. The van der Waals surface area contributed by atoms with Crippen LogP contribution in [0.25, 0.3) is 10.2 Å². The van der Waals surface area contributed by atoms with Crippen molar-refractivity contribution >= 4 is 27.4 Å². The molecule has 2 aromatic heterocycles. The molecule has 5 nitrogen and oxygen atoms in total. The summed E-state index contributed by atoms with van der Waals surface area (Å²) in [5, 5.41) is 4.71. The van der Waals surface area contributed by atoms with Crippen molar-refractivity contribution in [2.24, 2.45) is 0 Å². The first-order chi connectivity index (χ1) is 10.7. The third-order valence-electron chi connectivity index (χ3n) is 5.08. The maximum atomic E-state index is 4.63. The molecule has 0 bridgehead atoms. The molecule has 2 aromatic rings. The molecule has 4 rings (SSSR count). The van der Waals surface area contributed by atoms with Gasteiger partial charge in [-0.05, 0) is 25.8 Å². The quantitative estimate of drug-likeness (QED) is 0.915. The SMILES string of the molecule is Cc1sc2ncnc(N3CCC(N4CCNCC4)C3)c2c1C. The number of hydrogen-bond acceptors (Lipinski definition) is 6. The molecule has 0 aliphatic carbocycles. The summed E-state index contributed by atoms with van der Waals surface area (Å²) in [6.45, 7) is 11.2. The third-order valence-corrected chi connectivity index (χ3v) is 6.19. The molecule has 4 heterocycles. The minimum atomic E-state index is 0.673. The van der Waals surface area contributed by atoms with Crippen molar-refractivity contribution in [2.75, 3.05) is 44.2 Å². The van der Waals surface area contributed by atoms with Crippen molar-refractivity contribution in [1.82, 2.24) is 20.2 Å². The maximum Gasteiger partial charge on any atom is 0.141 e. The summed E-state index contributed by atoms with van der Waals surface area (Å²) >= 11 is 1.78. The van der Waals surface area contributed by atoms with Crippen LogP contribution >= 0.6 is 11.3 Å². The van der Waals surface area contributed by atoms with Gasteiger partial charge in [-0.15, -0.1) is 11.3 Å². The second-order valence-electron chi connectivity index (χ2n) is 6.34. The Bertz CT molecular complexity index is 676. The number of thiophene rings is 1. The van der Waals surface area contributed by atoms with Gasteiger partial charge in [0.25, 0.3) is 0 Å². The monoisotopic (exact) mass is 317 g/mol. The lowest BCUT2D eigenvalue weighted by Gasteiger charge is -2.32. The minimum Gasteiger partial charge on any atom is -0.354 e. The zero-order chi connectivity index (χ0) is 15.1. The lowest BCUT2D eigenvalue weighted by atomic mass is 10.2. The van der Waals surface area contributed by atoms with Gasteiger partial charge in [-0.2, -0.15) is 0 Å². The molecular formula is C16H23N5S. The minimum absolute atomic E-state index is 0.673. The highest BCUT2D eigenvalue weighted by molar-refractivity contribution is 7.18. The largest absolute Gasteiger partial charge is 0.354 e. The summed E-state index contributed by atoms with van der Waals surface area (Å²) in [4.78, 5) is 16.7. The van der Waals surface area contributed by atoms with Crippen LogP contribution in [0.1, 0.15) is 16.9 Å². The summed E-state index contributed by atoms with van der Waals surface area (Å²) in [5.74, 6) is 1.14. The average molecular weight is 317 g/mol. The van der Waals surface area contributed by atoms with Crippen LogP contribution in [-0.4, -0.2) is 60.2 Å². The summed E-state index contributed by atoms with van der Waals surface area (Å²) in [6, 6.07) is 0.673. The van der Waals surface area contributed by atoms with E-state index in [0.717, 1.165) is 36.8 Å². The summed E-state index contributed by atoms with van der Waals surface area (Å²) in [6.07, 6.45) is 2.97. The van der Waals surface area contributed by atoms with Gasteiger partial charge in [0.2, 0.25) is 0 Å². The van der Waals surface area contributed by atoms with Gasteiger partial charge in [-0.3, -0.25) is 4.90 Å². The predicted molar refractivity (Wildman–Crippen MR) is 91.9 cm³/mol. The summed E-state index contributed by atoms with van der Waals surface area (Å²) in [5.41, 5.74) is 1.35. The van der Waals surface area contributed by atoms with Gasteiger partial charge in [0.15, 0.2) is 0 Å². The van der Waals surface area contributed by atoms with Crippen LogP contribution in [0.15, 0.2) is 6.33 Å². The smallest absolute Gasteiger partial charge is 0.141 e. The number of nitrogens with zero attached hydrogens (tertiary/aromatic N) is 4. The lowest BCUT2D eigenvalue weighted by molar-refractivity contribution is 0.185. The number of hydrogen-bond donors (Lipinski definition) is 1. The average Bonchev–Trinajstić information content (AvgIpc) is 3.14. The fourth-order valence-electron chi connectivity index (χ4n) is 3.68. The van der Waals surface area contributed by atoms with Crippen molar-refractivity contribution in [3.05, 3.63) is 16.8 Å². The van der Waals surface area contributed by atoms with E-state index in [0.29, 0.717) is 6.04 Å². The van der Waals surface area contributed by atoms with Gasteiger partial charge < -0.3 is 10.2 Å². The second-order valence-corrected chi connectivity index (χ2v) is 7.54. The number of anilines is 1. The summed E-state index contributed by atoms with van der Waals surface area (Å²) in [7, 11) is 0. The van der Waals surface area contributed by atoms with Crippen molar-refractivity contribution in [1.29, 1.82) is 0 Å². The molecule has 1 N–H and O–H groups in total. The fourth-order valence-corrected chi connectivity index (χ4v) is 4.67. The highest BCUT2D eigenvalue weighted by atomic mass is 32.1. The van der Waals surface area contributed by atoms with Crippen LogP contribution in [0.5, 0.6) is 0 Å². The molecule has 2 aliphatic heterocycles. The Morgan fingerprint density at radius 2 is 2.00 bits per heavy atom. The van der Waals surface area contributed by atoms with E-state index < -0.39 is 0 Å². The van der Waals surface area contributed by atoms with Crippen molar-refractivity contribution in [3.8, 4) is 0 Å². The van der Waals surface area contributed by atoms with E-state index in [1.165, 1.54) is 35.3 Å². The molecule has 0 radical (unpaired) electrons. The molecule has 2 aliphatic rings. The first-order valence-electron chi connectivity index (χ1n) is 8.14. The van der Waals surface area contributed by atoms with Gasteiger partial charge >= 0.3 is 0 Å². The van der Waals surface area contributed by atoms with E-state index in [9.17, 15) is 0 Å². The number of aromatic nitrogens is 2. The van der Waals surface area contributed by atoms with E-state index in [2.05, 4.69) is 38.9 Å². The standard InChI is InChI=1S/C16H23N5S/c1-11-12(2)22-16-14(11)15(18-10-19-16)21-6-3-13(9-21)20-7-4-17-5-8-20/h10,13,17H,3-9H2,1-2H3. The fraction of sp³-hybridized carbons (Fsp3) is 0.625. The van der Waals surface area contributed by atoms with Crippen LogP contribution in [0.3, 0.4) is 0 Å². The Hall–Kier alpha value is -1.24. The first-order valence-corrected chi connectivity index (χ1v) is 8.96. The zero-order valence-corrected chi connectivity index (χ0v) is 14.1. The molecule has 1 unspecified atom stereocenters. The number of aryl methyl sites for hydroxylation is 2. The van der Waals surface area contributed by atoms with Crippen LogP contribution < -0.4 is 10.2 Å². The molecule has 6 heteroatoms. The molecule has 2 saturated heterocycles. The van der Waals surface area contributed by atoms with E-state index in [1.807, 2.05) is 0 Å². The zero-order valence-electron chi connectivity index (χ0n) is 13.3. The number of piperazine rings is 1. The Labute approximate surface area is 135 Å². The third kappa shape index (κ3) is 2.39. The molecule has 0 aromatic carbocycles. The van der Waals surface area contributed by atoms with Crippen molar-refractivity contribution in [2.45, 2.75) is 26.3 Å². The van der Waals surface area contributed by atoms with Crippen molar-refractivity contribution < 1.29 is 0 Å². The Morgan fingerprint density at radius 3 is 2.82 bits per heavy atom. The highest BCUT2D eigenvalue weighted by Crippen LogP contribution is 2.35.